The Morgan fingerprint density at radius 1 is 1.35 bits per heavy atom. The van der Waals surface area contributed by atoms with Gasteiger partial charge in [0.2, 0.25) is 0 Å². The molecule has 0 saturated heterocycles. The van der Waals surface area contributed by atoms with Crippen molar-refractivity contribution in [3.05, 3.63) is 63.4 Å². The molecule has 1 unspecified atom stereocenters. The molecule has 1 aliphatic rings. The van der Waals surface area contributed by atoms with Crippen molar-refractivity contribution in [2.75, 3.05) is 20.3 Å². The standard InChI is InChI=1S/C24H23IN2O4/c1-30-19-4-2-16-8-17(14-31-23(16)10-19)24(29)21-13-27(6-7-28)22-9-15(3-5-20(21)22)18(11-25)12-26/h2-5,9-13,17,26,28H,6-8,14H2,1H3/b18-11+,26-12?. The summed E-state index contributed by atoms with van der Waals surface area (Å²) < 4.78 is 14.9. The summed E-state index contributed by atoms with van der Waals surface area (Å²) in [6, 6.07) is 11.5. The number of benzene rings is 2. The predicted octanol–water partition coefficient (Wildman–Crippen LogP) is 4.50. The van der Waals surface area contributed by atoms with E-state index in [9.17, 15) is 9.90 Å². The summed E-state index contributed by atoms with van der Waals surface area (Å²) in [7, 11) is 1.62. The molecule has 1 aliphatic heterocycles. The average Bonchev–Trinajstić information content (AvgIpc) is 3.16. The van der Waals surface area contributed by atoms with Crippen molar-refractivity contribution >= 4 is 51.1 Å². The van der Waals surface area contributed by atoms with Crippen LogP contribution in [0.5, 0.6) is 11.5 Å². The van der Waals surface area contributed by atoms with Crippen LogP contribution in [0.15, 0.2) is 46.7 Å². The van der Waals surface area contributed by atoms with E-state index in [4.69, 9.17) is 14.9 Å². The Morgan fingerprint density at radius 2 is 2.19 bits per heavy atom. The van der Waals surface area contributed by atoms with E-state index in [2.05, 4.69) is 22.6 Å². The molecular formula is C24H23IN2O4. The Kier molecular flexibility index (Phi) is 6.43. The summed E-state index contributed by atoms with van der Waals surface area (Å²) in [6.07, 6.45) is 3.75. The molecule has 0 aliphatic carbocycles. The minimum atomic E-state index is -0.278. The van der Waals surface area contributed by atoms with E-state index >= 15 is 0 Å². The average molecular weight is 530 g/mol. The molecule has 0 radical (unpaired) electrons. The van der Waals surface area contributed by atoms with Crippen LogP contribution in [-0.4, -0.2) is 42.0 Å². The number of Topliss-reactive ketones (excluding diaryl/α,β-unsaturated/α-hetero) is 1. The number of ether oxygens (including phenoxy) is 2. The number of hydrogen-bond donors (Lipinski definition) is 2. The van der Waals surface area contributed by atoms with E-state index in [1.165, 1.54) is 6.21 Å². The summed E-state index contributed by atoms with van der Waals surface area (Å²) in [6.45, 7) is 0.688. The topological polar surface area (TPSA) is 84.5 Å². The van der Waals surface area contributed by atoms with Crippen molar-refractivity contribution in [2.24, 2.45) is 5.92 Å². The highest BCUT2D eigenvalue weighted by Crippen LogP contribution is 2.34. The maximum atomic E-state index is 13.5. The number of rotatable bonds is 7. The number of allylic oxidation sites excluding steroid dienone is 1. The molecule has 6 nitrogen and oxygen atoms in total. The number of aliphatic hydroxyl groups excluding tert-OH is 1. The molecule has 0 saturated carbocycles. The lowest BCUT2D eigenvalue weighted by Crippen LogP contribution is -2.28. The highest BCUT2D eigenvalue weighted by Gasteiger charge is 2.29. The number of aliphatic hydroxyl groups is 1. The van der Waals surface area contributed by atoms with Gasteiger partial charge in [0, 0.05) is 47.1 Å². The minimum absolute atomic E-state index is 0.0249. The highest BCUT2D eigenvalue weighted by molar-refractivity contribution is 14.1. The van der Waals surface area contributed by atoms with Crippen LogP contribution >= 0.6 is 22.6 Å². The fourth-order valence-electron chi connectivity index (χ4n) is 4.01. The zero-order valence-corrected chi connectivity index (χ0v) is 19.3. The Bertz CT molecular complexity index is 1180. The molecule has 3 aromatic rings. The fourth-order valence-corrected chi connectivity index (χ4v) is 4.55. The monoisotopic (exact) mass is 530 g/mol. The molecule has 31 heavy (non-hydrogen) atoms. The van der Waals surface area contributed by atoms with Crippen molar-refractivity contribution in [2.45, 2.75) is 13.0 Å². The quantitative estimate of drug-likeness (QED) is 0.268. The van der Waals surface area contributed by atoms with E-state index < -0.39 is 0 Å². The second kappa shape index (κ2) is 9.23. The van der Waals surface area contributed by atoms with Gasteiger partial charge in [-0.3, -0.25) is 4.79 Å². The van der Waals surface area contributed by atoms with Crippen molar-refractivity contribution in [3.63, 3.8) is 0 Å². The van der Waals surface area contributed by atoms with Gasteiger partial charge in [0.25, 0.3) is 0 Å². The molecule has 0 spiro atoms. The first-order chi connectivity index (χ1) is 15.1. The van der Waals surface area contributed by atoms with Gasteiger partial charge in [0.05, 0.1) is 26.2 Å². The van der Waals surface area contributed by atoms with Crippen LogP contribution in [0.2, 0.25) is 0 Å². The number of carbonyl (C=O) groups is 1. The van der Waals surface area contributed by atoms with Gasteiger partial charge in [-0.2, -0.15) is 0 Å². The third-order valence-corrected chi connectivity index (χ3v) is 6.32. The van der Waals surface area contributed by atoms with E-state index in [1.807, 2.05) is 51.2 Å². The van der Waals surface area contributed by atoms with Gasteiger partial charge in [0.1, 0.15) is 11.5 Å². The summed E-state index contributed by atoms with van der Waals surface area (Å²) in [5.41, 5.74) is 4.19. The highest BCUT2D eigenvalue weighted by atomic mass is 127. The first-order valence-corrected chi connectivity index (χ1v) is 11.2. The van der Waals surface area contributed by atoms with Crippen LogP contribution in [-0.2, 0) is 13.0 Å². The van der Waals surface area contributed by atoms with Crippen molar-refractivity contribution in [1.82, 2.24) is 4.57 Å². The number of nitrogens with one attached hydrogen (secondary N) is 1. The maximum Gasteiger partial charge on any atom is 0.171 e. The lowest BCUT2D eigenvalue weighted by molar-refractivity contribution is 0.0856. The largest absolute Gasteiger partial charge is 0.497 e. The van der Waals surface area contributed by atoms with Crippen LogP contribution in [0.3, 0.4) is 0 Å². The van der Waals surface area contributed by atoms with Crippen molar-refractivity contribution in [1.29, 1.82) is 5.41 Å². The number of methoxy groups -OCH3 is 1. The smallest absolute Gasteiger partial charge is 0.171 e. The van der Waals surface area contributed by atoms with Crippen molar-refractivity contribution < 1.29 is 19.4 Å². The van der Waals surface area contributed by atoms with Crippen LogP contribution in [0.4, 0.5) is 0 Å². The van der Waals surface area contributed by atoms with Crippen LogP contribution < -0.4 is 9.47 Å². The van der Waals surface area contributed by atoms with E-state index in [-0.39, 0.29) is 18.3 Å². The van der Waals surface area contributed by atoms with Gasteiger partial charge in [-0.15, -0.1) is 0 Å². The van der Waals surface area contributed by atoms with Crippen LogP contribution in [0.25, 0.3) is 16.5 Å². The van der Waals surface area contributed by atoms with Gasteiger partial charge in [-0.1, -0.05) is 40.8 Å². The molecule has 1 aromatic heterocycles. The van der Waals surface area contributed by atoms with E-state index in [1.54, 1.807) is 7.11 Å². The van der Waals surface area contributed by atoms with Gasteiger partial charge in [0.15, 0.2) is 5.78 Å². The summed E-state index contributed by atoms with van der Waals surface area (Å²) in [5, 5.41) is 18.0. The molecule has 2 heterocycles. The molecule has 0 fully saturated rings. The second-order valence-electron chi connectivity index (χ2n) is 7.45. The number of ketones is 1. The number of halogens is 1. The Balaban J connectivity index is 1.70. The zero-order valence-electron chi connectivity index (χ0n) is 17.1. The number of fused-ring (bicyclic) bond motifs is 2. The lowest BCUT2D eigenvalue weighted by atomic mass is 9.89. The van der Waals surface area contributed by atoms with E-state index in [0.29, 0.717) is 25.1 Å². The van der Waals surface area contributed by atoms with Crippen LogP contribution in [0.1, 0.15) is 21.5 Å². The summed E-state index contributed by atoms with van der Waals surface area (Å²) in [4.78, 5) is 13.5. The van der Waals surface area contributed by atoms with Gasteiger partial charge in [-0.25, -0.2) is 0 Å². The van der Waals surface area contributed by atoms with Gasteiger partial charge in [-0.05, 0) is 33.8 Å². The third kappa shape index (κ3) is 4.12. The SMILES string of the molecule is COc1ccc2c(c1)OCC(C(=O)c1cn(CCO)c3cc(/C(C=N)=C/I)ccc13)C2. The molecule has 2 N–H and O–H groups in total. The van der Waals surface area contributed by atoms with Gasteiger partial charge >= 0.3 is 0 Å². The Morgan fingerprint density at radius 3 is 2.90 bits per heavy atom. The first-order valence-electron chi connectivity index (χ1n) is 9.98. The summed E-state index contributed by atoms with van der Waals surface area (Å²) >= 11 is 2.12. The predicted molar refractivity (Wildman–Crippen MR) is 130 cm³/mol. The summed E-state index contributed by atoms with van der Waals surface area (Å²) in [5.74, 6) is 1.25. The Labute approximate surface area is 194 Å². The third-order valence-electron chi connectivity index (χ3n) is 5.65. The molecule has 0 bridgehead atoms. The van der Waals surface area contributed by atoms with E-state index in [0.717, 1.165) is 39.1 Å². The normalized spacial score (nSPS) is 16.0. The van der Waals surface area contributed by atoms with Crippen LogP contribution in [0, 0.1) is 11.3 Å². The molecule has 1 atom stereocenters. The molecule has 160 valence electrons. The maximum absolute atomic E-state index is 13.5. The minimum Gasteiger partial charge on any atom is -0.497 e. The molecule has 7 heteroatoms. The number of carbonyl (C=O) groups excluding carboxylic acids is 1. The van der Waals surface area contributed by atoms with Gasteiger partial charge < -0.3 is 24.6 Å². The Hall–Kier alpha value is -2.65. The lowest BCUT2D eigenvalue weighted by Gasteiger charge is -2.24. The van der Waals surface area contributed by atoms with Crippen molar-refractivity contribution in [3.8, 4) is 11.5 Å². The first kappa shape index (κ1) is 21.6. The number of nitrogens with zero attached hydrogens (tertiary/aromatic N) is 1. The number of aromatic nitrogens is 1. The molecule has 0 amide bonds. The number of hydrogen-bond acceptors (Lipinski definition) is 5. The molecule has 2 aromatic carbocycles. The fraction of sp³-hybridized carbons (Fsp3) is 0.250. The molecular weight excluding hydrogens is 507 g/mol. The molecule has 4 rings (SSSR count). The zero-order chi connectivity index (χ0) is 22.0. The second-order valence-corrected chi connectivity index (χ2v) is 8.07.